The van der Waals surface area contributed by atoms with E-state index in [0.717, 1.165) is 35.3 Å². The standard InChI is InChI=1S/C20H25N5O3/c1-14-9-19-22-12-16(13-25(19)24-14)5-4-8-21-20(26)23-11-15-6-7-17(27-2)18(10-15)28-3/h6-7,9-10,12-13H,4-5,8,11H2,1-3H3,(H2,21,23,26). The number of aryl methyl sites for hydroxylation is 2. The number of benzene rings is 1. The Morgan fingerprint density at radius 3 is 2.71 bits per heavy atom. The van der Waals surface area contributed by atoms with Gasteiger partial charge in [0, 0.05) is 31.5 Å². The van der Waals surface area contributed by atoms with Crippen molar-refractivity contribution in [3.05, 3.63) is 53.5 Å². The van der Waals surface area contributed by atoms with E-state index < -0.39 is 0 Å². The first-order valence-electron chi connectivity index (χ1n) is 9.12. The first-order valence-corrected chi connectivity index (χ1v) is 9.12. The number of nitrogens with one attached hydrogen (secondary N) is 2. The maximum Gasteiger partial charge on any atom is 0.315 e. The van der Waals surface area contributed by atoms with Gasteiger partial charge in [0.1, 0.15) is 0 Å². The monoisotopic (exact) mass is 383 g/mol. The third-order valence-corrected chi connectivity index (χ3v) is 4.32. The van der Waals surface area contributed by atoms with E-state index in [1.165, 1.54) is 0 Å². The second-order valence-corrected chi connectivity index (χ2v) is 6.45. The van der Waals surface area contributed by atoms with Crippen molar-refractivity contribution in [2.75, 3.05) is 20.8 Å². The third-order valence-electron chi connectivity index (χ3n) is 4.32. The molecular formula is C20H25N5O3. The fraction of sp³-hybridized carbons (Fsp3) is 0.350. The van der Waals surface area contributed by atoms with Gasteiger partial charge in [-0.3, -0.25) is 0 Å². The minimum atomic E-state index is -0.203. The van der Waals surface area contributed by atoms with Crippen molar-refractivity contribution in [1.82, 2.24) is 25.2 Å². The van der Waals surface area contributed by atoms with Crippen LogP contribution in [0.2, 0.25) is 0 Å². The van der Waals surface area contributed by atoms with Crippen LogP contribution in [0.25, 0.3) is 5.65 Å². The van der Waals surface area contributed by atoms with Gasteiger partial charge in [-0.2, -0.15) is 5.10 Å². The fourth-order valence-corrected chi connectivity index (χ4v) is 2.89. The van der Waals surface area contributed by atoms with Crippen LogP contribution in [0.1, 0.15) is 23.2 Å². The van der Waals surface area contributed by atoms with Crippen molar-refractivity contribution in [3.8, 4) is 11.5 Å². The van der Waals surface area contributed by atoms with Gasteiger partial charge in [0.15, 0.2) is 17.1 Å². The molecule has 8 heteroatoms. The van der Waals surface area contributed by atoms with Gasteiger partial charge in [-0.1, -0.05) is 6.07 Å². The maximum atomic E-state index is 12.0. The van der Waals surface area contributed by atoms with Crippen molar-refractivity contribution >= 4 is 11.7 Å². The molecule has 0 unspecified atom stereocenters. The smallest absolute Gasteiger partial charge is 0.315 e. The molecule has 148 valence electrons. The van der Waals surface area contributed by atoms with Gasteiger partial charge < -0.3 is 20.1 Å². The summed E-state index contributed by atoms with van der Waals surface area (Å²) in [6.07, 6.45) is 5.47. The van der Waals surface area contributed by atoms with E-state index in [2.05, 4.69) is 20.7 Å². The molecule has 2 aromatic heterocycles. The molecule has 0 aliphatic carbocycles. The van der Waals surface area contributed by atoms with Gasteiger partial charge in [0.05, 0.1) is 19.9 Å². The molecule has 0 radical (unpaired) electrons. The van der Waals surface area contributed by atoms with Gasteiger partial charge in [-0.05, 0) is 43.0 Å². The lowest BCUT2D eigenvalue weighted by atomic mass is 10.2. The Kier molecular flexibility index (Phi) is 6.31. The third kappa shape index (κ3) is 4.91. The Morgan fingerprint density at radius 1 is 1.11 bits per heavy atom. The summed E-state index contributed by atoms with van der Waals surface area (Å²) in [5.74, 6) is 1.30. The summed E-state index contributed by atoms with van der Waals surface area (Å²) in [4.78, 5) is 16.4. The Hall–Kier alpha value is -3.29. The quantitative estimate of drug-likeness (QED) is 0.583. The first-order chi connectivity index (χ1) is 13.6. The Labute approximate surface area is 163 Å². The van der Waals surface area contributed by atoms with Gasteiger partial charge in [-0.15, -0.1) is 0 Å². The molecule has 0 bridgehead atoms. The molecule has 2 N–H and O–H groups in total. The number of aromatic nitrogens is 3. The minimum absolute atomic E-state index is 0.203. The number of fused-ring (bicyclic) bond motifs is 1. The van der Waals surface area contributed by atoms with E-state index >= 15 is 0 Å². The van der Waals surface area contributed by atoms with Crippen molar-refractivity contribution in [2.24, 2.45) is 0 Å². The van der Waals surface area contributed by atoms with Crippen LogP contribution in [0, 0.1) is 6.92 Å². The number of hydrogen-bond donors (Lipinski definition) is 2. The van der Waals surface area contributed by atoms with Crippen molar-refractivity contribution < 1.29 is 14.3 Å². The highest BCUT2D eigenvalue weighted by molar-refractivity contribution is 5.73. The highest BCUT2D eigenvalue weighted by atomic mass is 16.5. The van der Waals surface area contributed by atoms with Crippen molar-refractivity contribution in [2.45, 2.75) is 26.3 Å². The zero-order valence-electron chi connectivity index (χ0n) is 16.4. The van der Waals surface area contributed by atoms with Crippen LogP contribution < -0.4 is 20.1 Å². The Bertz CT molecular complexity index is 954. The summed E-state index contributed by atoms with van der Waals surface area (Å²) < 4.78 is 12.3. The van der Waals surface area contributed by atoms with Crippen molar-refractivity contribution in [3.63, 3.8) is 0 Å². The number of methoxy groups -OCH3 is 2. The predicted molar refractivity (Wildman–Crippen MR) is 106 cm³/mol. The van der Waals surface area contributed by atoms with Crippen LogP contribution in [0.15, 0.2) is 36.7 Å². The molecule has 1 aromatic carbocycles. The van der Waals surface area contributed by atoms with Gasteiger partial charge in [0.2, 0.25) is 0 Å². The zero-order valence-corrected chi connectivity index (χ0v) is 16.4. The summed E-state index contributed by atoms with van der Waals surface area (Å²) in [6, 6.07) is 7.29. The average Bonchev–Trinajstić information content (AvgIpc) is 3.08. The zero-order chi connectivity index (χ0) is 19.9. The topological polar surface area (TPSA) is 89.8 Å². The summed E-state index contributed by atoms with van der Waals surface area (Å²) in [7, 11) is 3.18. The van der Waals surface area contributed by atoms with Crippen LogP contribution in [0.3, 0.4) is 0 Å². The summed E-state index contributed by atoms with van der Waals surface area (Å²) in [5.41, 5.74) is 3.80. The number of carbonyl (C=O) groups is 1. The molecule has 0 saturated heterocycles. The molecule has 0 fully saturated rings. The number of urea groups is 1. The van der Waals surface area contributed by atoms with E-state index in [1.807, 2.05) is 43.6 Å². The molecule has 0 saturated carbocycles. The molecule has 28 heavy (non-hydrogen) atoms. The molecular weight excluding hydrogens is 358 g/mol. The molecule has 2 heterocycles. The number of ether oxygens (including phenoxy) is 2. The predicted octanol–water partition coefficient (Wildman–Crippen LogP) is 2.49. The number of amides is 2. The Morgan fingerprint density at radius 2 is 1.93 bits per heavy atom. The molecule has 0 aliphatic heterocycles. The maximum absolute atomic E-state index is 12.0. The first kappa shape index (κ1) is 19.5. The lowest BCUT2D eigenvalue weighted by molar-refractivity contribution is 0.240. The highest BCUT2D eigenvalue weighted by Gasteiger charge is 2.06. The molecule has 3 rings (SSSR count). The molecule has 3 aromatic rings. The number of rotatable bonds is 8. The average molecular weight is 383 g/mol. The molecule has 0 spiro atoms. The van der Waals surface area contributed by atoms with Gasteiger partial charge in [0.25, 0.3) is 0 Å². The van der Waals surface area contributed by atoms with E-state index in [9.17, 15) is 4.79 Å². The summed E-state index contributed by atoms with van der Waals surface area (Å²) >= 11 is 0. The normalized spacial score (nSPS) is 10.7. The van der Waals surface area contributed by atoms with E-state index in [0.29, 0.717) is 24.6 Å². The molecule has 8 nitrogen and oxygen atoms in total. The van der Waals surface area contributed by atoms with Crippen LogP contribution in [-0.2, 0) is 13.0 Å². The number of carbonyl (C=O) groups excluding carboxylic acids is 1. The second-order valence-electron chi connectivity index (χ2n) is 6.45. The molecule has 0 atom stereocenters. The van der Waals surface area contributed by atoms with Crippen LogP contribution in [-0.4, -0.2) is 41.4 Å². The van der Waals surface area contributed by atoms with Gasteiger partial charge in [-0.25, -0.2) is 14.3 Å². The minimum Gasteiger partial charge on any atom is -0.493 e. The number of hydrogen-bond acceptors (Lipinski definition) is 5. The highest BCUT2D eigenvalue weighted by Crippen LogP contribution is 2.27. The number of nitrogens with zero attached hydrogens (tertiary/aromatic N) is 3. The molecule has 2 amide bonds. The SMILES string of the molecule is COc1ccc(CNC(=O)NCCCc2cnc3cc(C)nn3c2)cc1OC. The lowest BCUT2D eigenvalue weighted by Crippen LogP contribution is -2.35. The van der Waals surface area contributed by atoms with Crippen molar-refractivity contribution in [1.29, 1.82) is 0 Å². The van der Waals surface area contributed by atoms with E-state index in [4.69, 9.17) is 9.47 Å². The van der Waals surface area contributed by atoms with E-state index in [1.54, 1.807) is 18.7 Å². The largest absolute Gasteiger partial charge is 0.493 e. The molecule has 0 aliphatic rings. The Balaban J connectivity index is 1.40. The van der Waals surface area contributed by atoms with Crippen LogP contribution in [0.4, 0.5) is 4.79 Å². The summed E-state index contributed by atoms with van der Waals surface area (Å²) in [5, 5.41) is 10.1. The van der Waals surface area contributed by atoms with Crippen LogP contribution >= 0.6 is 0 Å². The van der Waals surface area contributed by atoms with Gasteiger partial charge >= 0.3 is 6.03 Å². The lowest BCUT2D eigenvalue weighted by Gasteiger charge is -2.11. The second kappa shape index (κ2) is 9.07. The summed E-state index contributed by atoms with van der Waals surface area (Å²) in [6.45, 7) is 2.93. The van der Waals surface area contributed by atoms with Crippen LogP contribution in [0.5, 0.6) is 11.5 Å². The fourth-order valence-electron chi connectivity index (χ4n) is 2.89. The van der Waals surface area contributed by atoms with E-state index in [-0.39, 0.29) is 6.03 Å².